The van der Waals surface area contributed by atoms with Gasteiger partial charge in [-0.25, -0.2) is 0 Å². The molecule has 46 valence electrons. The van der Waals surface area contributed by atoms with Gasteiger partial charge in [0.2, 0.25) is 0 Å². The van der Waals surface area contributed by atoms with E-state index in [9.17, 15) is 0 Å². The summed E-state index contributed by atoms with van der Waals surface area (Å²) >= 11 is 4.57. The van der Waals surface area contributed by atoms with E-state index in [2.05, 4.69) is 12.6 Å². The summed E-state index contributed by atoms with van der Waals surface area (Å²) in [6, 6.07) is 0. The molecule has 1 saturated heterocycles. The van der Waals surface area contributed by atoms with Crippen molar-refractivity contribution in [2.45, 2.75) is 28.6 Å². The lowest BCUT2D eigenvalue weighted by Gasteiger charge is -2.38. The maximum absolute atomic E-state index is 4.57. The molecule has 1 aliphatic heterocycles. The Morgan fingerprint density at radius 1 is 1.62 bits per heavy atom. The summed E-state index contributed by atoms with van der Waals surface area (Å²) in [6.45, 7) is 0. The molecule has 0 aromatic rings. The number of hydrogen-bond donors (Lipinski definition) is 1. The largest absolute Gasteiger partial charge is 0.159 e. The smallest absolute Gasteiger partial charge is 0.0811 e. The third kappa shape index (κ3) is 0.642. The lowest BCUT2D eigenvalue weighted by Crippen LogP contribution is -2.31. The van der Waals surface area contributed by atoms with E-state index < -0.39 is 0 Å². The Morgan fingerprint density at radius 3 is 2.75 bits per heavy atom. The molecule has 2 rings (SSSR count). The summed E-state index contributed by atoms with van der Waals surface area (Å²) in [5, 5.41) is 0.885. The van der Waals surface area contributed by atoms with E-state index in [0.717, 1.165) is 5.25 Å². The fraction of sp³-hybridized carbons (Fsp3) is 1.00. The molecule has 2 atom stereocenters. The Labute approximate surface area is 63.0 Å². The average molecular weight is 164 g/mol. The van der Waals surface area contributed by atoms with E-state index in [4.69, 9.17) is 0 Å². The van der Waals surface area contributed by atoms with Crippen LogP contribution in [0.1, 0.15) is 19.3 Å². The summed E-state index contributed by atoms with van der Waals surface area (Å²) in [6.07, 6.45) is 4.13. The van der Waals surface area contributed by atoms with Gasteiger partial charge >= 0.3 is 0 Å². The molecule has 0 amide bonds. The van der Waals surface area contributed by atoms with Gasteiger partial charge in [0.15, 0.2) is 0 Å². The third-order valence-electron chi connectivity index (χ3n) is 1.81. The average Bonchev–Trinajstić information content (AvgIpc) is 1.94. The van der Waals surface area contributed by atoms with Crippen molar-refractivity contribution >= 4 is 34.2 Å². The van der Waals surface area contributed by atoms with Gasteiger partial charge in [-0.2, -0.15) is 12.6 Å². The van der Waals surface area contributed by atoms with Crippen LogP contribution < -0.4 is 0 Å². The second kappa shape index (κ2) is 1.77. The Morgan fingerprint density at radius 2 is 2.50 bits per heavy atom. The molecule has 8 heavy (non-hydrogen) atoms. The molecular formula is C5H8S3. The first kappa shape index (κ1) is 5.81. The minimum Gasteiger partial charge on any atom is -0.159 e. The zero-order valence-corrected chi connectivity index (χ0v) is 6.99. The van der Waals surface area contributed by atoms with E-state index in [1.165, 1.54) is 19.3 Å². The zero-order chi connectivity index (χ0) is 5.61. The highest BCUT2D eigenvalue weighted by molar-refractivity contribution is 8.82. The molecule has 0 nitrogen and oxygen atoms in total. The predicted molar refractivity (Wildman–Crippen MR) is 44.5 cm³/mol. The van der Waals surface area contributed by atoms with Crippen LogP contribution in [0.15, 0.2) is 0 Å². The van der Waals surface area contributed by atoms with Gasteiger partial charge in [-0.1, -0.05) is 21.6 Å². The van der Waals surface area contributed by atoms with Gasteiger partial charge in [-0.15, -0.1) is 0 Å². The van der Waals surface area contributed by atoms with Crippen molar-refractivity contribution < 1.29 is 0 Å². The monoisotopic (exact) mass is 164 g/mol. The first-order valence-electron chi connectivity index (χ1n) is 2.88. The van der Waals surface area contributed by atoms with Crippen molar-refractivity contribution in [3.63, 3.8) is 0 Å². The van der Waals surface area contributed by atoms with Crippen LogP contribution in [0.25, 0.3) is 0 Å². The third-order valence-corrected chi connectivity index (χ3v) is 6.94. The fourth-order valence-electron chi connectivity index (χ4n) is 1.24. The predicted octanol–water partition coefficient (Wildman–Crippen LogP) is 2.56. The second-order valence-corrected chi connectivity index (χ2v) is 6.24. The van der Waals surface area contributed by atoms with Crippen LogP contribution in [-0.4, -0.2) is 9.33 Å². The first-order chi connectivity index (χ1) is 3.81. The number of fused-ring (bicyclic) bond motifs is 1. The molecule has 0 radical (unpaired) electrons. The topological polar surface area (TPSA) is 0 Å². The van der Waals surface area contributed by atoms with Crippen molar-refractivity contribution in [2.24, 2.45) is 0 Å². The van der Waals surface area contributed by atoms with Crippen molar-refractivity contribution in [1.82, 2.24) is 0 Å². The molecule has 0 aromatic carbocycles. The molecule has 0 aromatic heterocycles. The van der Waals surface area contributed by atoms with E-state index in [1.807, 2.05) is 21.6 Å². The fourth-order valence-corrected chi connectivity index (χ4v) is 5.39. The Hall–Kier alpha value is 1.05. The SMILES string of the molecule is SC12CCCC1SS2. The molecule has 2 unspecified atom stereocenters. The second-order valence-electron chi connectivity index (χ2n) is 2.41. The minimum absolute atomic E-state index is 0.407. The molecule has 1 aliphatic carbocycles. The van der Waals surface area contributed by atoms with E-state index in [1.54, 1.807) is 0 Å². The molecule has 0 spiro atoms. The van der Waals surface area contributed by atoms with Crippen LogP contribution >= 0.6 is 34.2 Å². The quantitative estimate of drug-likeness (QED) is 0.431. The number of hydrogen-bond acceptors (Lipinski definition) is 3. The standard InChI is InChI=1S/C5H8S3/c6-5-3-1-2-4(5)7-8-5/h4,6H,1-3H2. The van der Waals surface area contributed by atoms with Gasteiger partial charge < -0.3 is 0 Å². The molecule has 2 aliphatic rings. The van der Waals surface area contributed by atoms with Gasteiger partial charge in [0.25, 0.3) is 0 Å². The summed E-state index contributed by atoms with van der Waals surface area (Å²) in [5.41, 5.74) is 0. The highest BCUT2D eigenvalue weighted by Gasteiger charge is 2.49. The van der Waals surface area contributed by atoms with Crippen molar-refractivity contribution in [2.75, 3.05) is 0 Å². The van der Waals surface area contributed by atoms with Crippen LogP contribution in [-0.2, 0) is 0 Å². The number of rotatable bonds is 0. The van der Waals surface area contributed by atoms with Gasteiger partial charge in [0.05, 0.1) is 4.08 Å². The van der Waals surface area contributed by atoms with E-state index in [0.29, 0.717) is 4.08 Å². The first-order valence-corrected chi connectivity index (χ1v) is 5.54. The Kier molecular flexibility index (Phi) is 1.28. The molecule has 1 saturated carbocycles. The van der Waals surface area contributed by atoms with Crippen LogP contribution in [0, 0.1) is 0 Å². The van der Waals surface area contributed by atoms with Gasteiger partial charge in [-0.3, -0.25) is 0 Å². The van der Waals surface area contributed by atoms with Crippen LogP contribution in [0.4, 0.5) is 0 Å². The van der Waals surface area contributed by atoms with Crippen LogP contribution in [0.3, 0.4) is 0 Å². The van der Waals surface area contributed by atoms with Crippen LogP contribution in [0.2, 0.25) is 0 Å². The van der Waals surface area contributed by atoms with Crippen molar-refractivity contribution in [1.29, 1.82) is 0 Å². The minimum atomic E-state index is 0.407. The Bertz CT molecular complexity index is 114. The van der Waals surface area contributed by atoms with Crippen molar-refractivity contribution in [3.05, 3.63) is 0 Å². The van der Waals surface area contributed by atoms with Gasteiger partial charge in [0.1, 0.15) is 0 Å². The molecule has 1 heterocycles. The van der Waals surface area contributed by atoms with Crippen LogP contribution in [0.5, 0.6) is 0 Å². The van der Waals surface area contributed by atoms with E-state index in [-0.39, 0.29) is 0 Å². The summed E-state index contributed by atoms with van der Waals surface area (Å²) in [4.78, 5) is 0. The highest BCUT2D eigenvalue weighted by atomic mass is 33.1. The normalized spacial score (nSPS) is 52.9. The summed E-state index contributed by atoms with van der Waals surface area (Å²) in [7, 11) is 3.97. The van der Waals surface area contributed by atoms with Gasteiger partial charge in [0, 0.05) is 5.25 Å². The maximum atomic E-state index is 4.57. The zero-order valence-electron chi connectivity index (χ0n) is 4.46. The summed E-state index contributed by atoms with van der Waals surface area (Å²) in [5.74, 6) is 0. The highest BCUT2D eigenvalue weighted by Crippen LogP contribution is 2.65. The van der Waals surface area contributed by atoms with E-state index >= 15 is 0 Å². The molecule has 0 bridgehead atoms. The molecule has 3 heteroatoms. The molecule has 0 N–H and O–H groups in total. The number of thiol groups is 1. The maximum Gasteiger partial charge on any atom is 0.0811 e. The Balaban J connectivity index is 2.14. The lowest BCUT2D eigenvalue weighted by atomic mass is 10.3. The lowest BCUT2D eigenvalue weighted by molar-refractivity contribution is 0.859. The summed E-state index contributed by atoms with van der Waals surface area (Å²) < 4.78 is 0.407. The van der Waals surface area contributed by atoms with Gasteiger partial charge in [-0.05, 0) is 19.3 Å². The molecule has 2 fully saturated rings. The van der Waals surface area contributed by atoms with Crippen molar-refractivity contribution in [3.8, 4) is 0 Å². The molecular weight excluding hydrogens is 156 g/mol.